The van der Waals surface area contributed by atoms with Crippen LogP contribution < -0.4 is 16.0 Å². The van der Waals surface area contributed by atoms with Gasteiger partial charge in [0, 0.05) is 32.4 Å². The Morgan fingerprint density at radius 3 is 2.39 bits per heavy atom. The number of carbonyl (C=O) groups is 1. The summed E-state index contributed by atoms with van der Waals surface area (Å²) < 4.78 is 32.7. The lowest BCUT2D eigenvalue weighted by Gasteiger charge is -2.24. The second-order valence-corrected chi connectivity index (χ2v) is 9.87. The fourth-order valence-electron chi connectivity index (χ4n) is 2.14. The Kier molecular flexibility index (Phi) is 12.8. The third kappa shape index (κ3) is 16.6. The summed E-state index contributed by atoms with van der Waals surface area (Å²) in [7, 11) is -1.34. The standard InChI is InChI=1S/C18H38N4O5S/c1-7-8-9-15(14-21-17(23)27-18(2,3)4)22-16(19-5)20-10-11-26-12-13-28(6,24)25/h15H,7-14H2,1-6H3,(H,21,23)(H2,19,20,22). The second-order valence-electron chi connectivity index (χ2n) is 7.61. The van der Waals surface area contributed by atoms with Crippen molar-refractivity contribution in [1.82, 2.24) is 16.0 Å². The quantitative estimate of drug-likeness (QED) is 0.246. The van der Waals surface area contributed by atoms with Gasteiger partial charge in [0.15, 0.2) is 5.96 Å². The van der Waals surface area contributed by atoms with Gasteiger partial charge >= 0.3 is 6.09 Å². The molecular formula is C18H38N4O5S. The molecule has 28 heavy (non-hydrogen) atoms. The molecule has 9 nitrogen and oxygen atoms in total. The van der Waals surface area contributed by atoms with Crippen LogP contribution in [0.25, 0.3) is 0 Å². The summed E-state index contributed by atoms with van der Waals surface area (Å²) in [5.74, 6) is 0.605. The van der Waals surface area contributed by atoms with E-state index in [0.717, 1.165) is 19.3 Å². The summed E-state index contributed by atoms with van der Waals surface area (Å²) in [5, 5.41) is 9.20. The van der Waals surface area contributed by atoms with E-state index in [9.17, 15) is 13.2 Å². The van der Waals surface area contributed by atoms with Gasteiger partial charge in [0.1, 0.15) is 15.4 Å². The Hall–Kier alpha value is -1.55. The number of nitrogens with zero attached hydrogens (tertiary/aromatic N) is 1. The number of ether oxygens (including phenoxy) is 2. The third-order valence-corrected chi connectivity index (χ3v) is 4.41. The average molecular weight is 423 g/mol. The van der Waals surface area contributed by atoms with Gasteiger partial charge in [0.05, 0.1) is 19.0 Å². The largest absolute Gasteiger partial charge is 0.444 e. The SMILES string of the molecule is CCCCC(CNC(=O)OC(C)(C)C)NC(=NC)NCCOCCS(C)(=O)=O. The first kappa shape index (κ1) is 26.4. The minimum absolute atomic E-state index is 0.00446. The molecule has 1 amide bonds. The van der Waals surface area contributed by atoms with Crippen molar-refractivity contribution in [3.05, 3.63) is 0 Å². The van der Waals surface area contributed by atoms with E-state index >= 15 is 0 Å². The fourth-order valence-corrected chi connectivity index (χ4v) is 2.56. The predicted molar refractivity (Wildman–Crippen MR) is 113 cm³/mol. The fraction of sp³-hybridized carbons (Fsp3) is 0.889. The molecule has 0 aliphatic rings. The van der Waals surface area contributed by atoms with Gasteiger partial charge in [-0.25, -0.2) is 13.2 Å². The molecule has 0 bridgehead atoms. The van der Waals surface area contributed by atoms with E-state index in [0.29, 0.717) is 25.7 Å². The molecule has 10 heteroatoms. The van der Waals surface area contributed by atoms with Crippen molar-refractivity contribution in [2.75, 3.05) is 45.4 Å². The number of guanidine groups is 1. The molecule has 1 unspecified atom stereocenters. The Morgan fingerprint density at radius 1 is 1.18 bits per heavy atom. The maximum atomic E-state index is 11.9. The number of carbonyl (C=O) groups excluding carboxylic acids is 1. The first-order valence-electron chi connectivity index (χ1n) is 9.66. The van der Waals surface area contributed by atoms with Crippen LogP contribution in [-0.4, -0.2) is 77.5 Å². The van der Waals surface area contributed by atoms with Gasteiger partial charge in [-0.2, -0.15) is 0 Å². The highest BCUT2D eigenvalue weighted by molar-refractivity contribution is 7.90. The van der Waals surface area contributed by atoms with Crippen molar-refractivity contribution in [1.29, 1.82) is 0 Å². The monoisotopic (exact) mass is 422 g/mol. The van der Waals surface area contributed by atoms with Crippen molar-refractivity contribution < 1.29 is 22.7 Å². The number of amides is 1. The van der Waals surface area contributed by atoms with Crippen molar-refractivity contribution in [3.63, 3.8) is 0 Å². The van der Waals surface area contributed by atoms with E-state index in [4.69, 9.17) is 9.47 Å². The van der Waals surface area contributed by atoms with Gasteiger partial charge < -0.3 is 25.4 Å². The highest BCUT2D eigenvalue weighted by atomic mass is 32.2. The van der Waals surface area contributed by atoms with Gasteiger partial charge in [-0.05, 0) is 27.2 Å². The van der Waals surface area contributed by atoms with E-state index in [1.54, 1.807) is 7.05 Å². The molecule has 0 aromatic carbocycles. The number of hydrogen-bond donors (Lipinski definition) is 3. The molecule has 0 saturated carbocycles. The van der Waals surface area contributed by atoms with Crippen molar-refractivity contribution >= 4 is 21.9 Å². The summed E-state index contributed by atoms with van der Waals surface area (Å²) >= 11 is 0. The Bertz CT molecular complexity index is 573. The van der Waals surface area contributed by atoms with E-state index < -0.39 is 21.5 Å². The van der Waals surface area contributed by atoms with Gasteiger partial charge in [0.25, 0.3) is 0 Å². The van der Waals surface area contributed by atoms with E-state index in [-0.39, 0.29) is 18.4 Å². The lowest BCUT2D eigenvalue weighted by molar-refractivity contribution is 0.0522. The first-order valence-corrected chi connectivity index (χ1v) is 11.7. The van der Waals surface area contributed by atoms with Gasteiger partial charge in [-0.1, -0.05) is 19.8 Å². The third-order valence-electron chi connectivity index (χ3n) is 3.50. The maximum Gasteiger partial charge on any atom is 0.407 e. The van der Waals surface area contributed by atoms with Crippen LogP contribution >= 0.6 is 0 Å². The second kappa shape index (κ2) is 13.6. The number of unbranched alkanes of at least 4 members (excludes halogenated alkanes) is 1. The predicted octanol–water partition coefficient (Wildman–Crippen LogP) is 1.30. The number of alkyl carbamates (subject to hydrolysis) is 1. The van der Waals surface area contributed by atoms with Crippen molar-refractivity contribution in [2.24, 2.45) is 4.99 Å². The highest BCUT2D eigenvalue weighted by Crippen LogP contribution is 2.07. The zero-order chi connectivity index (χ0) is 21.6. The number of aliphatic imine (C=N–C) groups is 1. The molecule has 0 aliphatic carbocycles. The molecule has 1 atom stereocenters. The molecule has 0 spiro atoms. The summed E-state index contributed by atoms with van der Waals surface area (Å²) in [5.41, 5.74) is -0.537. The Balaban J connectivity index is 4.35. The van der Waals surface area contributed by atoms with Crippen LogP contribution in [0.4, 0.5) is 4.79 Å². The normalized spacial score (nSPS) is 13.7. The molecule has 0 aromatic heterocycles. The van der Waals surface area contributed by atoms with Gasteiger partial charge in [-0.15, -0.1) is 0 Å². The first-order chi connectivity index (χ1) is 13.0. The van der Waals surface area contributed by atoms with Crippen LogP contribution in [0.3, 0.4) is 0 Å². The minimum Gasteiger partial charge on any atom is -0.444 e. The van der Waals surface area contributed by atoms with Crippen LogP contribution in [0.2, 0.25) is 0 Å². The molecule has 0 heterocycles. The van der Waals surface area contributed by atoms with Crippen LogP contribution in [0.5, 0.6) is 0 Å². The number of nitrogens with one attached hydrogen (secondary N) is 3. The van der Waals surface area contributed by atoms with E-state index in [1.165, 1.54) is 6.26 Å². The minimum atomic E-state index is -3.01. The zero-order valence-electron chi connectivity index (χ0n) is 18.1. The molecule has 0 aromatic rings. The van der Waals surface area contributed by atoms with E-state index in [2.05, 4.69) is 27.9 Å². The maximum absolute atomic E-state index is 11.9. The van der Waals surface area contributed by atoms with E-state index in [1.807, 2.05) is 20.8 Å². The van der Waals surface area contributed by atoms with Crippen LogP contribution in [0.1, 0.15) is 47.0 Å². The number of hydrogen-bond acceptors (Lipinski definition) is 6. The average Bonchev–Trinajstić information content (AvgIpc) is 2.56. The van der Waals surface area contributed by atoms with Crippen molar-refractivity contribution in [2.45, 2.75) is 58.6 Å². The lowest BCUT2D eigenvalue weighted by atomic mass is 10.1. The summed E-state index contributed by atoms with van der Waals surface area (Å²) in [6.07, 6.45) is 3.67. The molecule has 0 saturated heterocycles. The lowest BCUT2D eigenvalue weighted by Crippen LogP contribution is -2.49. The van der Waals surface area contributed by atoms with Gasteiger partial charge in [-0.3, -0.25) is 4.99 Å². The highest BCUT2D eigenvalue weighted by Gasteiger charge is 2.18. The van der Waals surface area contributed by atoms with Gasteiger partial charge in [0.2, 0.25) is 0 Å². The molecule has 0 fully saturated rings. The van der Waals surface area contributed by atoms with Crippen LogP contribution in [0, 0.1) is 0 Å². The zero-order valence-corrected chi connectivity index (χ0v) is 18.9. The van der Waals surface area contributed by atoms with Crippen LogP contribution in [0.15, 0.2) is 4.99 Å². The molecular weight excluding hydrogens is 384 g/mol. The molecule has 0 rings (SSSR count). The smallest absolute Gasteiger partial charge is 0.407 e. The molecule has 0 radical (unpaired) electrons. The number of rotatable bonds is 12. The Labute approximate surface area is 170 Å². The van der Waals surface area contributed by atoms with Crippen molar-refractivity contribution in [3.8, 4) is 0 Å². The van der Waals surface area contributed by atoms with Crippen LogP contribution in [-0.2, 0) is 19.3 Å². The Morgan fingerprint density at radius 2 is 1.86 bits per heavy atom. The number of sulfone groups is 1. The topological polar surface area (TPSA) is 118 Å². The molecule has 166 valence electrons. The molecule has 0 aliphatic heterocycles. The summed E-state index contributed by atoms with van der Waals surface area (Å²) in [6, 6.07) is 0.00446. The summed E-state index contributed by atoms with van der Waals surface area (Å²) in [6.45, 7) is 9.02. The summed E-state index contributed by atoms with van der Waals surface area (Å²) in [4.78, 5) is 16.0. The molecule has 3 N–H and O–H groups in total.